The maximum Gasteiger partial charge on any atom is 0.325 e. The highest BCUT2D eigenvalue weighted by Crippen LogP contribution is 2.34. The van der Waals surface area contributed by atoms with Gasteiger partial charge in [0, 0.05) is 23.0 Å². The summed E-state index contributed by atoms with van der Waals surface area (Å²) in [4.78, 5) is 22.3. The molecule has 0 bridgehead atoms. The van der Waals surface area contributed by atoms with Gasteiger partial charge in [-0.2, -0.15) is 4.98 Å². The van der Waals surface area contributed by atoms with Crippen LogP contribution in [0.4, 0.5) is 0 Å². The molecule has 0 unspecified atom stereocenters. The number of hydrogen-bond acceptors (Lipinski definition) is 5. The summed E-state index contributed by atoms with van der Waals surface area (Å²) in [6.07, 6.45) is 4.19. The van der Waals surface area contributed by atoms with Crippen molar-refractivity contribution in [2.45, 2.75) is 38.6 Å². The Morgan fingerprint density at radius 1 is 1.00 bits per heavy atom. The lowest BCUT2D eigenvalue weighted by Crippen LogP contribution is -2.15. The van der Waals surface area contributed by atoms with Crippen LogP contribution in [0.5, 0.6) is 0 Å². The molecule has 0 saturated heterocycles. The van der Waals surface area contributed by atoms with Crippen molar-refractivity contribution in [2.24, 2.45) is 0 Å². The molecular formula is C22H27BrN3O4P. The van der Waals surface area contributed by atoms with E-state index in [1.807, 2.05) is 24.3 Å². The minimum absolute atomic E-state index is 0.102. The Hall–Kier alpha value is -1.83. The van der Waals surface area contributed by atoms with Crippen molar-refractivity contribution in [3.8, 4) is 11.4 Å². The second kappa shape index (κ2) is 11.7. The number of aromatic nitrogens is 2. The van der Waals surface area contributed by atoms with E-state index in [1.54, 1.807) is 0 Å². The maximum atomic E-state index is 10.9. The summed E-state index contributed by atoms with van der Waals surface area (Å²) in [6.45, 7) is 1.15. The fourth-order valence-corrected chi connectivity index (χ4v) is 4.38. The van der Waals surface area contributed by atoms with Crippen LogP contribution in [0.25, 0.3) is 11.4 Å². The monoisotopic (exact) mass is 507 g/mol. The number of benzene rings is 2. The highest BCUT2D eigenvalue weighted by Gasteiger charge is 2.13. The zero-order valence-electron chi connectivity index (χ0n) is 17.2. The number of halogens is 1. The average molecular weight is 508 g/mol. The summed E-state index contributed by atoms with van der Waals surface area (Å²) >= 11 is 3.58. The van der Waals surface area contributed by atoms with E-state index < -0.39 is 7.60 Å². The summed E-state index contributed by atoms with van der Waals surface area (Å²) in [5, 5.41) is 7.31. The molecule has 0 aliphatic heterocycles. The van der Waals surface area contributed by atoms with Gasteiger partial charge in [-0.05, 0) is 55.5 Å². The molecule has 0 fully saturated rings. The predicted molar refractivity (Wildman–Crippen MR) is 124 cm³/mol. The Labute approximate surface area is 190 Å². The lowest BCUT2D eigenvalue weighted by molar-refractivity contribution is 0.371. The highest BCUT2D eigenvalue weighted by atomic mass is 79.9. The fourth-order valence-electron chi connectivity index (χ4n) is 3.21. The molecule has 0 spiro atoms. The average Bonchev–Trinajstić information content (AvgIpc) is 3.19. The summed E-state index contributed by atoms with van der Waals surface area (Å²) in [5.74, 6) is 1.21. The summed E-state index contributed by atoms with van der Waals surface area (Å²) in [6, 6.07) is 16.3. The molecule has 3 N–H and O–H groups in total. The first-order valence-electron chi connectivity index (χ1n) is 10.3. The van der Waals surface area contributed by atoms with E-state index in [2.05, 4.69) is 55.7 Å². The van der Waals surface area contributed by atoms with E-state index in [4.69, 9.17) is 14.3 Å². The van der Waals surface area contributed by atoms with Crippen LogP contribution in [0.2, 0.25) is 0 Å². The van der Waals surface area contributed by atoms with Crippen LogP contribution in [0.3, 0.4) is 0 Å². The molecule has 2 aromatic carbocycles. The Morgan fingerprint density at radius 3 is 2.52 bits per heavy atom. The largest absolute Gasteiger partial charge is 0.339 e. The van der Waals surface area contributed by atoms with Gasteiger partial charge in [-0.1, -0.05) is 57.5 Å². The smallest absolute Gasteiger partial charge is 0.325 e. The van der Waals surface area contributed by atoms with Gasteiger partial charge in [-0.3, -0.25) is 4.57 Å². The molecule has 3 aromatic rings. The maximum absolute atomic E-state index is 10.9. The minimum Gasteiger partial charge on any atom is -0.339 e. The Kier molecular flexibility index (Phi) is 8.99. The molecule has 7 nitrogen and oxygen atoms in total. The fraction of sp³-hybridized carbons (Fsp3) is 0.364. The van der Waals surface area contributed by atoms with Crippen molar-refractivity contribution in [2.75, 3.05) is 12.7 Å². The second-order valence-electron chi connectivity index (χ2n) is 7.44. The molecule has 9 heteroatoms. The van der Waals surface area contributed by atoms with E-state index in [0.717, 1.165) is 41.3 Å². The molecule has 0 saturated carbocycles. The summed E-state index contributed by atoms with van der Waals surface area (Å²) in [7, 11) is -3.92. The van der Waals surface area contributed by atoms with Crippen molar-refractivity contribution in [3.05, 3.63) is 70.0 Å². The van der Waals surface area contributed by atoms with Gasteiger partial charge in [0.2, 0.25) is 11.7 Å². The van der Waals surface area contributed by atoms with Crippen LogP contribution < -0.4 is 5.32 Å². The highest BCUT2D eigenvalue weighted by molar-refractivity contribution is 9.10. The first kappa shape index (κ1) is 23.8. The molecule has 0 radical (unpaired) electrons. The molecule has 0 aliphatic carbocycles. The topological polar surface area (TPSA) is 108 Å². The van der Waals surface area contributed by atoms with Gasteiger partial charge in [0.05, 0.1) is 6.16 Å². The van der Waals surface area contributed by atoms with Gasteiger partial charge in [0.1, 0.15) is 0 Å². The second-order valence-corrected chi connectivity index (χ2v) is 10.1. The number of rotatable bonds is 12. The quantitative estimate of drug-likeness (QED) is 0.240. The molecule has 166 valence electrons. The third-order valence-corrected chi connectivity index (χ3v) is 6.38. The number of aryl methyl sites for hydroxylation is 2. The van der Waals surface area contributed by atoms with Crippen molar-refractivity contribution < 1.29 is 18.9 Å². The van der Waals surface area contributed by atoms with E-state index in [1.165, 1.54) is 5.56 Å². The molecule has 0 atom stereocenters. The molecule has 0 aliphatic rings. The first-order chi connectivity index (χ1) is 14.9. The van der Waals surface area contributed by atoms with Crippen molar-refractivity contribution in [3.63, 3.8) is 0 Å². The predicted octanol–water partition coefficient (Wildman–Crippen LogP) is 4.72. The van der Waals surface area contributed by atoms with Crippen LogP contribution >= 0.6 is 23.5 Å². The Balaban J connectivity index is 1.45. The van der Waals surface area contributed by atoms with Crippen LogP contribution in [-0.4, -0.2) is 32.6 Å². The van der Waals surface area contributed by atoms with Gasteiger partial charge in [0.15, 0.2) is 0 Å². The van der Waals surface area contributed by atoms with Crippen LogP contribution in [0.15, 0.2) is 57.5 Å². The van der Waals surface area contributed by atoms with Gasteiger partial charge < -0.3 is 19.6 Å². The van der Waals surface area contributed by atoms with Crippen LogP contribution in [0, 0.1) is 0 Å². The van der Waals surface area contributed by atoms with E-state index in [-0.39, 0.29) is 6.16 Å². The third-order valence-electron chi connectivity index (χ3n) is 4.82. The first-order valence-corrected chi connectivity index (χ1v) is 12.9. The summed E-state index contributed by atoms with van der Waals surface area (Å²) < 4.78 is 17.1. The van der Waals surface area contributed by atoms with Gasteiger partial charge in [0.25, 0.3) is 0 Å². The molecule has 1 aromatic heterocycles. The van der Waals surface area contributed by atoms with Crippen molar-refractivity contribution in [1.82, 2.24) is 15.5 Å². The van der Waals surface area contributed by atoms with Crippen LogP contribution in [0.1, 0.15) is 36.3 Å². The Bertz CT molecular complexity index is 1010. The number of unbranched alkanes of at least 4 members (excludes halogenated alkanes) is 1. The zero-order chi connectivity index (χ0) is 22.1. The standard InChI is InChI=1S/C22H27BrN3O4P/c23-20-15-18(16-24-13-6-14-31(27,28)29)11-12-19(20)22-25-21(30-26-22)10-5-4-9-17-7-2-1-3-8-17/h1-3,7-8,11-12,15,24H,4-6,9-10,13-14,16H2,(H2,27,28,29). The normalized spacial score (nSPS) is 11.7. The minimum atomic E-state index is -3.92. The van der Waals surface area contributed by atoms with Crippen LogP contribution in [-0.2, 0) is 24.0 Å². The molecule has 31 heavy (non-hydrogen) atoms. The third kappa shape index (κ3) is 8.31. The molecule has 1 heterocycles. The number of hydrogen-bond donors (Lipinski definition) is 3. The molecule has 3 rings (SSSR count). The van der Waals surface area contributed by atoms with Crippen molar-refractivity contribution in [1.29, 1.82) is 0 Å². The van der Waals surface area contributed by atoms with Gasteiger partial charge in [-0.15, -0.1) is 0 Å². The zero-order valence-corrected chi connectivity index (χ0v) is 19.7. The SMILES string of the molecule is O=P(O)(O)CCCNCc1ccc(-c2noc(CCCCc3ccccc3)n2)c(Br)c1. The number of nitrogens with one attached hydrogen (secondary N) is 1. The lowest BCUT2D eigenvalue weighted by Gasteiger charge is -2.07. The van der Waals surface area contributed by atoms with Crippen molar-refractivity contribution >= 4 is 23.5 Å². The van der Waals surface area contributed by atoms with E-state index >= 15 is 0 Å². The molecular weight excluding hydrogens is 481 g/mol. The Morgan fingerprint density at radius 2 is 1.77 bits per heavy atom. The summed E-state index contributed by atoms with van der Waals surface area (Å²) in [5.41, 5.74) is 3.26. The number of nitrogens with zero attached hydrogens (tertiary/aromatic N) is 2. The lowest BCUT2D eigenvalue weighted by atomic mass is 10.1. The van der Waals surface area contributed by atoms with Gasteiger partial charge in [-0.25, -0.2) is 0 Å². The van der Waals surface area contributed by atoms with E-state index in [0.29, 0.717) is 31.2 Å². The molecule has 0 amide bonds. The van der Waals surface area contributed by atoms with Gasteiger partial charge >= 0.3 is 7.60 Å². The van der Waals surface area contributed by atoms with E-state index in [9.17, 15) is 4.57 Å².